The first-order chi connectivity index (χ1) is 13.8. The molecule has 0 saturated carbocycles. The third-order valence-corrected chi connectivity index (χ3v) is 5.19. The van der Waals surface area contributed by atoms with Crippen LogP contribution < -0.4 is 10.2 Å². The summed E-state index contributed by atoms with van der Waals surface area (Å²) in [5, 5.41) is 3.23. The van der Waals surface area contributed by atoms with Gasteiger partial charge in [-0.25, -0.2) is 9.69 Å². The molecule has 4 rings (SSSR count). The van der Waals surface area contributed by atoms with Crippen LogP contribution in [0, 0.1) is 20.8 Å². The number of hydrogen-bond donors (Lipinski definition) is 1. The van der Waals surface area contributed by atoms with Crippen LogP contribution in [0.3, 0.4) is 0 Å². The molecular formula is C23H21N3O3. The Balaban J connectivity index is 1.85. The number of anilines is 1. The summed E-state index contributed by atoms with van der Waals surface area (Å²) in [5.41, 5.74) is 4.80. The van der Waals surface area contributed by atoms with E-state index in [9.17, 15) is 14.4 Å². The number of rotatable bonds is 2. The van der Waals surface area contributed by atoms with Crippen LogP contribution in [0.5, 0.6) is 0 Å². The maximum Gasteiger partial charge on any atom is 0.335 e. The first kappa shape index (κ1) is 18.7. The normalized spacial score (nSPS) is 16.1. The van der Waals surface area contributed by atoms with Gasteiger partial charge in [-0.2, -0.15) is 0 Å². The number of nitrogens with one attached hydrogen (secondary N) is 1. The van der Waals surface area contributed by atoms with Crippen molar-refractivity contribution in [2.45, 2.75) is 20.8 Å². The van der Waals surface area contributed by atoms with E-state index in [-0.39, 0.29) is 5.57 Å². The van der Waals surface area contributed by atoms with Crippen LogP contribution in [-0.4, -0.2) is 22.4 Å². The van der Waals surface area contributed by atoms with E-state index in [1.165, 1.54) is 0 Å². The van der Waals surface area contributed by atoms with Crippen molar-refractivity contribution < 1.29 is 14.4 Å². The van der Waals surface area contributed by atoms with Gasteiger partial charge in [-0.05, 0) is 44.0 Å². The Labute approximate surface area is 168 Å². The first-order valence-electron chi connectivity index (χ1n) is 9.31. The summed E-state index contributed by atoms with van der Waals surface area (Å²) in [4.78, 5) is 39.4. The van der Waals surface area contributed by atoms with Gasteiger partial charge < -0.3 is 4.57 Å². The van der Waals surface area contributed by atoms with Crippen LogP contribution >= 0.6 is 0 Å². The molecule has 2 aromatic carbocycles. The van der Waals surface area contributed by atoms with Gasteiger partial charge in [-0.15, -0.1) is 0 Å². The van der Waals surface area contributed by atoms with Crippen LogP contribution in [0.4, 0.5) is 10.5 Å². The standard InChI is InChI=1S/C23H21N3O3/c1-13-9-14(2)20(15(3)10-13)26-22(28)18(21(27)24-23(26)29)11-16-12-25(4)19-8-6-5-7-17(16)19/h5-12H,1-4H3,(H,24,27,29)/b18-11-. The predicted octanol–water partition coefficient (Wildman–Crippen LogP) is 3.77. The zero-order valence-corrected chi connectivity index (χ0v) is 16.7. The smallest absolute Gasteiger partial charge is 0.335 e. The van der Waals surface area contributed by atoms with Gasteiger partial charge in [-0.1, -0.05) is 35.9 Å². The van der Waals surface area contributed by atoms with E-state index in [0.29, 0.717) is 5.69 Å². The largest absolute Gasteiger partial charge is 0.350 e. The molecule has 146 valence electrons. The lowest BCUT2D eigenvalue weighted by Gasteiger charge is -2.29. The Kier molecular flexibility index (Phi) is 4.34. The summed E-state index contributed by atoms with van der Waals surface area (Å²) in [6.07, 6.45) is 3.42. The van der Waals surface area contributed by atoms with Gasteiger partial charge in [0.2, 0.25) is 0 Å². The molecule has 1 aliphatic heterocycles. The fraction of sp³-hybridized carbons (Fsp3) is 0.174. The minimum atomic E-state index is -0.731. The highest BCUT2D eigenvalue weighted by molar-refractivity contribution is 6.39. The number of benzene rings is 2. The lowest BCUT2D eigenvalue weighted by molar-refractivity contribution is -0.122. The Bertz CT molecular complexity index is 1210. The monoisotopic (exact) mass is 387 g/mol. The molecule has 1 saturated heterocycles. The molecule has 1 aromatic heterocycles. The van der Waals surface area contributed by atoms with E-state index in [1.807, 2.05) is 75.0 Å². The molecule has 0 spiro atoms. The second kappa shape index (κ2) is 6.74. The first-order valence-corrected chi connectivity index (χ1v) is 9.31. The topological polar surface area (TPSA) is 71.4 Å². The number of hydrogen-bond acceptors (Lipinski definition) is 3. The van der Waals surface area contributed by atoms with Gasteiger partial charge in [0.1, 0.15) is 5.57 Å². The maximum atomic E-state index is 13.3. The number of amides is 4. The minimum Gasteiger partial charge on any atom is -0.350 e. The molecule has 0 atom stereocenters. The minimum absolute atomic E-state index is 0.0691. The predicted molar refractivity (Wildman–Crippen MR) is 113 cm³/mol. The van der Waals surface area contributed by atoms with Crippen LogP contribution in [-0.2, 0) is 16.6 Å². The molecule has 1 fully saturated rings. The molecule has 3 aromatic rings. The quantitative estimate of drug-likeness (QED) is 0.537. The van der Waals surface area contributed by atoms with Crippen molar-refractivity contribution in [3.05, 3.63) is 70.4 Å². The highest BCUT2D eigenvalue weighted by Crippen LogP contribution is 2.30. The summed E-state index contributed by atoms with van der Waals surface area (Å²) < 4.78 is 1.93. The molecule has 2 heterocycles. The van der Waals surface area contributed by atoms with Crippen molar-refractivity contribution in [1.82, 2.24) is 9.88 Å². The van der Waals surface area contributed by atoms with E-state index < -0.39 is 17.8 Å². The number of imide groups is 2. The van der Waals surface area contributed by atoms with Gasteiger partial charge in [0.15, 0.2) is 0 Å². The maximum absolute atomic E-state index is 13.3. The molecule has 0 unspecified atom stereocenters. The SMILES string of the molecule is Cc1cc(C)c(N2C(=O)NC(=O)/C(=C/c3cn(C)c4ccccc34)C2=O)c(C)c1. The van der Waals surface area contributed by atoms with Crippen molar-refractivity contribution in [3.63, 3.8) is 0 Å². The fourth-order valence-electron chi connectivity index (χ4n) is 4.03. The fourth-order valence-corrected chi connectivity index (χ4v) is 4.03. The summed E-state index contributed by atoms with van der Waals surface area (Å²) in [6, 6.07) is 10.8. The average Bonchev–Trinajstić information content (AvgIpc) is 2.97. The van der Waals surface area contributed by atoms with Crippen molar-refractivity contribution >= 4 is 40.5 Å². The van der Waals surface area contributed by atoms with E-state index in [2.05, 4.69) is 5.32 Å². The van der Waals surface area contributed by atoms with E-state index in [0.717, 1.165) is 38.1 Å². The Morgan fingerprint density at radius 2 is 1.62 bits per heavy atom. The van der Waals surface area contributed by atoms with Crippen molar-refractivity contribution in [3.8, 4) is 0 Å². The number of fused-ring (bicyclic) bond motifs is 1. The van der Waals surface area contributed by atoms with Crippen LogP contribution in [0.2, 0.25) is 0 Å². The number of carbonyl (C=O) groups is 3. The second-order valence-electron chi connectivity index (χ2n) is 7.42. The summed E-state index contributed by atoms with van der Waals surface area (Å²) in [7, 11) is 1.90. The number of aryl methyl sites for hydroxylation is 4. The van der Waals surface area contributed by atoms with Crippen LogP contribution in [0.1, 0.15) is 22.3 Å². The molecule has 1 aliphatic rings. The number of carbonyl (C=O) groups excluding carboxylic acids is 3. The average molecular weight is 387 g/mol. The number of nitrogens with zero attached hydrogens (tertiary/aromatic N) is 2. The zero-order valence-electron chi connectivity index (χ0n) is 16.7. The van der Waals surface area contributed by atoms with Gasteiger partial charge in [0.25, 0.3) is 11.8 Å². The lowest BCUT2D eigenvalue weighted by atomic mass is 10.0. The molecule has 0 radical (unpaired) electrons. The highest BCUT2D eigenvalue weighted by Gasteiger charge is 2.38. The summed E-state index contributed by atoms with van der Waals surface area (Å²) in [6.45, 7) is 5.65. The van der Waals surface area contributed by atoms with Crippen LogP contribution in [0.15, 0.2) is 48.2 Å². The van der Waals surface area contributed by atoms with Crippen LogP contribution in [0.25, 0.3) is 17.0 Å². The van der Waals surface area contributed by atoms with E-state index in [1.54, 1.807) is 6.08 Å². The third kappa shape index (κ3) is 3.02. The third-order valence-electron chi connectivity index (χ3n) is 5.19. The number of aromatic nitrogens is 1. The Hall–Kier alpha value is -3.67. The molecular weight excluding hydrogens is 366 g/mol. The zero-order chi connectivity index (χ0) is 20.9. The second-order valence-corrected chi connectivity index (χ2v) is 7.42. The number of urea groups is 1. The molecule has 0 bridgehead atoms. The number of para-hydroxylation sites is 1. The van der Waals surface area contributed by atoms with E-state index in [4.69, 9.17) is 0 Å². The summed E-state index contributed by atoms with van der Waals surface area (Å²) in [5.74, 6) is -1.31. The molecule has 4 amide bonds. The molecule has 6 nitrogen and oxygen atoms in total. The van der Waals surface area contributed by atoms with Gasteiger partial charge >= 0.3 is 6.03 Å². The lowest BCUT2D eigenvalue weighted by Crippen LogP contribution is -2.54. The molecule has 29 heavy (non-hydrogen) atoms. The van der Waals surface area contributed by atoms with Crippen molar-refractivity contribution in [2.24, 2.45) is 7.05 Å². The van der Waals surface area contributed by atoms with Gasteiger partial charge in [0.05, 0.1) is 5.69 Å². The Morgan fingerprint density at radius 1 is 0.966 bits per heavy atom. The van der Waals surface area contributed by atoms with Crippen molar-refractivity contribution in [2.75, 3.05) is 4.90 Å². The Morgan fingerprint density at radius 3 is 2.31 bits per heavy atom. The number of barbiturate groups is 1. The molecule has 0 aliphatic carbocycles. The van der Waals surface area contributed by atoms with Gasteiger partial charge in [-0.3, -0.25) is 14.9 Å². The van der Waals surface area contributed by atoms with Crippen molar-refractivity contribution in [1.29, 1.82) is 0 Å². The highest BCUT2D eigenvalue weighted by atomic mass is 16.2. The van der Waals surface area contributed by atoms with E-state index >= 15 is 0 Å². The molecule has 6 heteroatoms. The van der Waals surface area contributed by atoms with Gasteiger partial charge in [0, 0.05) is 29.7 Å². The molecule has 1 N–H and O–H groups in total. The summed E-state index contributed by atoms with van der Waals surface area (Å²) >= 11 is 0.